The number of hydrogen-bond acceptors (Lipinski definition) is 5. The van der Waals surface area contributed by atoms with Gasteiger partial charge in [0.15, 0.2) is 0 Å². The highest BCUT2D eigenvalue weighted by molar-refractivity contribution is 7.00. The smallest absolute Gasteiger partial charge is 0.107 e. The lowest BCUT2D eigenvalue weighted by Gasteiger charge is -1.99. The Morgan fingerprint density at radius 2 is 1.18 bits per heavy atom. The summed E-state index contributed by atoms with van der Waals surface area (Å²) in [6.45, 7) is 0. The molecule has 2 aromatic heterocycles. The fourth-order valence-electron chi connectivity index (χ4n) is 1.90. The molecule has 17 heavy (non-hydrogen) atoms. The van der Waals surface area contributed by atoms with Gasteiger partial charge in [-0.2, -0.15) is 8.75 Å². The average Bonchev–Trinajstić information content (AvgIpc) is 2.80. The van der Waals surface area contributed by atoms with Gasteiger partial charge in [-0.3, -0.25) is 0 Å². The Kier molecular flexibility index (Phi) is 1.67. The fourth-order valence-corrected chi connectivity index (χ4v) is 2.41. The van der Waals surface area contributed by atoms with E-state index >= 15 is 0 Å². The van der Waals surface area contributed by atoms with Gasteiger partial charge < -0.3 is 0 Å². The standard InChI is InChI=1S/C12H6N4S/c1-2-4-8-7(3-1)13-9-5-11-12(16-17-15-11)6-10(9)14-8/h1-6H. The summed E-state index contributed by atoms with van der Waals surface area (Å²) in [5.74, 6) is 0. The Balaban J connectivity index is 2.23. The fraction of sp³-hybridized carbons (Fsp3) is 0. The number of rotatable bonds is 0. The topological polar surface area (TPSA) is 51.6 Å². The highest BCUT2D eigenvalue weighted by Crippen LogP contribution is 2.21. The monoisotopic (exact) mass is 238 g/mol. The Labute approximate surface area is 100 Å². The number of nitrogens with zero attached hydrogens (tertiary/aromatic N) is 4. The highest BCUT2D eigenvalue weighted by Gasteiger charge is 2.05. The lowest BCUT2D eigenvalue weighted by molar-refractivity contribution is 1.40. The summed E-state index contributed by atoms with van der Waals surface area (Å²) in [4.78, 5) is 9.16. The molecule has 4 aromatic rings. The zero-order valence-electron chi connectivity index (χ0n) is 8.66. The van der Waals surface area contributed by atoms with Crippen LogP contribution in [0.2, 0.25) is 0 Å². The maximum absolute atomic E-state index is 4.58. The molecular weight excluding hydrogens is 232 g/mol. The van der Waals surface area contributed by atoms with Crippen LogP contribution in [0.25, 0.3) is 33.1 Å². The zero-order valence-corrected chi connectivity index (χ0v) is 9.48. The molecule has 0 bridgehead atoms. The van der Waals surface area contributed by atoms with Crippen LogP contribution < -0.4 is 0 Å². The summed E-state index contributed by atoms with van der Waals surface area (Å²) in [6.07, 6.45) is 0. The van der Waals surface area contributed by atoms with Gasteiger partial charge in [-0.15, -0.1) is 0 Å². The van der Waals surface area contributed by atoms with Crippen LogP contribution in [-0.4, -0.2) is 18.7 Å². The molecule has 2 heterocycles. The molecule has 0 aliphatic heterocycles. The van der Waals surface area contributed by atoms with E-state index < -0.39 is 0 Å². The van der Waals surface area contributed by atoms with Gasteiger partial charge in [0.25, 0.3) is 0 Å². The number of hydrogen-bond donors (Lipinski definition) is 0. The van der Waals surface area contributed by atoms with Crippen LogP contribution >= 0.6 is 11.7 Å². The van der Waals surface area contributed by atoms with Crippen molar-refractivity contribution in [2.75, 3.05) is 0 Å². The van der Waals surface area contributed by atoms with Crippen molar-refractivity contribution in [1.82, 2.24) is 18.7 Å². The second kappa shape index (κ2) is 3.18. The first-order chi connectivity index (χ1) is 8.40. The third-order valence-corrected chi connectivity index (χ3v) is 3.27. The van der Waals surface area contributed by atoms with Gasteiger partial charge in [0, 0.05) is 0 Å². The van der Waals surface area contributed by atoms with Crippen molar-refractivity contribution in [3.8, 4) is 0 Å². The zero-order chi connectivity index (χ0) is 11.2. The first-order valence-electron chi connectivity index (χ1n) is 5.19. The first kappa shape index (κ1) is 8.95. The van der Waals surface area contributed by atoms with Crippen molar-refractivity contribution in [2.45, 2.75) is 0 Å². The van der Waals surface area contributed by atoms with E-state index in [1.54, 1.807) is 0 Å². The van der Waals surface area contributed by atoms with Crippen molar-refractivity contribution in [3.05, 3.63) is 36.4 Å². The third kappa shape index (κ3) is 1.29. The maximum atomic E-state index is 4.58. The SMILES string of the molecule is c1ccc2nc3cc4nsnc4cc3nc2c1. The molecule has 0 aliphatic rings. The third-order valence-electron chi connectivity index (χ3n) is 2.71. The normalized spacial score (nSPS) is 11.5. The van der Waals surface area contributed by atoms with Gasteiger partial charge >= 0.3 is 0 Å². The summed E-state index contributed by atoms with van der Waals surface area (Å²) in [5.41, 5.74) is 5.30. The number of fused-ring (bicyclic) bond motifs is 3. The van der Waals surface area contributed by atoms with Crippen molar-refractivity contribution in [3.63, 3.8) is 0 Å². The first-order valence-corrected chi connectivity index (χ1v) is 5.92. The molecule has 4 rings (SSSR count). The molecule has 0 saturated carbocycles. The second-order valence-corrected chi connectivity index (χ2v) is 4.33. The van der Waals surface area contributed by atoms with Crippen LogP contribution in [0.15, 0.2) is 36.4 Å². The lowest BCUT2D eigenvalue weighted by atomic mass is 10.2. The Morgan fingerprint density at radius 3 is 1.71 bits per heavy atom. The number of benzene rings is 2. The summed E-state index contributed by atoms with van der Waals surface area (Å²) in [7, 11) is 0. The summed E-state index contributed by atoms with van der Waals surface area (Å²) < 4.78 is 8.42. The van der Waals surface area contributed by atoms with Gasteiger partial charge in [-0.25, -0.2) is 9.97 Å². The Hall–Kier alpha value is -2.14. The molecule has 0 atom stereocenters. The minimum Gasteiger partial charge on any atom is -0.244 e. The molecule has 80 valence electrons. The van der Waals surface area contributed by atoms with Crippen molar-refractivity contribution in [2.24, 2.45) is 0 Å². The maximum Gasteiger partial charge on any atom is 0.107 e. The molecule has 4 nitrogen and oxygen atoms in total. The summed E-state index contributed by atoms with van der Waals surface area (Å²) >= 11 is 1.21. The largest absolute Gasteiger partial charge is 0.244 e. The Morgan fingerprint density at radius 1 is 0.647 bits per heavy atom. The van der Waals surface area contributed by atoms with E-state index in [9.17, 15) is 0 Å². The molecule has 2 aromatic carbocycles. The van der Waals surface area contributed by atoms with Crippen LogP contribution in [0, 0.1) is 0 Å². The van der Waals surface area contributed by atoms with Crippen LogP contribution in [0.1, 0.15) is 0 Å². The molecule has 0 N–H and O–H groups in total. The van der Waals surface area contributed by atoms with Gasteiger partial charge in [0.05, 0.1) is 33.8 Å². The molecule has 0 aliphatic carbocycles. The van der Waals surface area contributed by atoms with Gasteiger partial charge in [0.1, 0.15) is 11.0 Å². The van der Waals surface area contributed by atoms with E-state index in [1.165, 1.54) is 11.7 Å². The van der Waals surface area contributed by atoms with Crippen molar-refractivity contribution in [1.29, 1.82) is 0 Å². The molecule has 0 amide bonds. The summed E-state index contributed by atoms with van der Waals surface area (Å²) in [6, 6.07) is 11.7. The van der Waals surface area contributed by atoms with Gasteiger partial charge in [-0.1, -0.05) is 12.1 Å². The van der Waals surface area contributed by atoms with Gasteiger partial charge in [0.2, 0.25) is 0 Å². The minimum atomic E-state index is 0.865. The van der Waals surface area contributed by atoms with E-state index in [-0.39, 0.29) is 0 Å². The highest BCUT2D eigenvalue weighted by atomic mass is 32.1. The van der Waals surface area contributed by atoms with E-state index in [2.05, 4.69) is 18.7 Å². The molecule has 0 radical (unpaired) electrons. The molecule has 0 spiro atoms. The van der Waals surface area contributed by atoms with Crippen molar-refractivity contribution < 1.29 is 0 Å². The van der Waals surface area contributed by atoms with Crippen LogP contribution in [0.4, 0.5) is 0 Å². The molecule has 0 fully saturated rings. The molecular formula is C12H6N4S. The van der Waals surface area contributed by atoms with Crippen LogP contribution in [0.5, 0.6) is 0 Å². The van der Waals surface area contributed by atoms with E-state index in [1.807, 2.05) is 36.4 Å². The average molecular weight is 238 g/mol. The predicted octanol–water partition coefficient (Wildman–Crippen LogP) is 2.79. The quantitative estimate of drug-likeness (QED) is 0.442. The molecule has 0 saturated heterocycles. The van der Waals surface area contributed by atoms with E-state index in [4.69, 9.17) is 0 Å². The van der Waals surface area contributed by atoms with Crippen molar-refractivity contribution >= 4 is 44.8 Å². The van der Waals surface area contributed by atoms with E-state index in [0.29, 0.717) is 0 Å². The predicted molar refractivity (Wildman–Crippen MR) is 68.0 cm³/mol. The van der Waals surface area contributed by atoms with Gasteiger partial charge in [-0.05, 0) is 24.3 Å². The second-order valence-electron chi connectivity index (χ2n) is 3.81. The molecule has 0 unspecified atom stereocenters. The number of para-hydroxylation sites is 2. The summed E-state index contributed by atoms with van der Waals surface area (Å²) in [5, 5.41) is 0. The lowest BCUT2D eigenvalue weighted by Crippen LogP contribution is -1.87. The van der Waals surface area contributed by atoms with E-state index in [0.717, 1.165) is 33.1 Å². The Bertz CT molecular complexity index is 784. The number of aromatic nitrogens is 4. The molecule has 5 heteroatoms. The minimum absolute atomic E-state index is 0.865. The van der Waals surface area contributed by atoms with Crippen LogP contribution in [-0.2, 0) is 0 Å². The van der Waals surface area contributed by atoms with Crippen LogP contribution in [0.3, 0.4) is 0 Å².